The van der Waals surface area contributed by atoms with Gasteiger partial charge in [-0.1, -0.05) is 30.3 Å². The molecule has 1 aliphatic heterocycles. The first-order valence-corrected chi connectivity index (χ1v) is 8.24. The Bertz CT molecular complexity index is 689. The lowest BCUT2D eigenvalue weighted by Gasteiger charge is -2.30. The fourth-order valence-electron chi connectivity index (χ4n) is 2.85. The van der Waals surface area contributed by atoms with Gasteiger partial charge in [-0.05, 0) is 29.3 Å². The van der Waals surface area contributed by atoms with Gasteiger partial charge in [-0.15, -0.1) is 24.8 Å². The first-order chi connectivity index (χ1) is 11.7. The predicted octanol–water partition coefficient (Wildman–Crippen LogP) is 2.81. The zero-order valence-electron chi connectivity index (χ0n) is 14.5. The molecule has 0 aromatic heterocycles. The number of nitrogens with two attached hydrogens (primary N) is 1. The SMILES string of the molecule is Cl.Cl.Nc1ccc(CC(=O)NCc2ccccc2N2CCOCC2)cc1. The van der Waals surface area contributed by atoms with E-state index in [2.05, 4.69) is 22.3 Å². The number of hydrogen-bond acceptors (Lipinski definition) is 4. The summed E-state index contributed by atoms with van der Waals surface area (Å²) in [5, 5.41) is 3.01. The van der Waals surface area contributed by atoms with Gasteiger partial charge in [-0.25, -0.2) is 0 Å². The van der Waals surface area contributed by atoms with Crippen molar-refractivity contribution in [1.82, 2.24) is 5.32 Å². The van der Waals surface area contributed by atoms with Crippen LogP contribution in [-0.4, -0.2) is 32.2 Å². The molecular weight excluding hydrogens is 373 g/mol. The molecule has 7 heteroatoms. The average molecular weight is 398 g/mol. The van der Waals surface area contributed by atoms with Crippen molar-refractivity contribution in [3.05, 3.63) is 59.7 Å². The Labute approximate surface area is 166 Å². The van der Waals surface area contributed by atoms with E-state index in [4.69, 9.17) is 10.5 Å². The zero-order valence-corrected chi connectivity index (χ0v) is 16.2. The third kappa shape index (κ3) is 6.09. The van der Waals surface area contributed by atoms with E-state index in [-0.39, 0.29) is 30.7 Å². The predicted molar refractivity (Wildman–Crippen MR) is 110 cm³/mol. The number of para-hydroxylation sites is 1. The maximum Gasteiger partial charge on any atom is 0.224 e. The van der Waals surface area contributed by atoms with Crippen molar-refractivity contribution >= 4 is 42.1 Å². The summed E-state index contributed by atoms with van der Waals surface area (Å²) in [4.78, 5) is 14.5. The number of carbonyl (C=O) groups is 1. The van der Waals surface area contributed by atoms with E-state index < -0.39 is 0 Å². The number of nitrogens with one attached hydrogen (secondary N) is 1. The van der Waals surface area contributed by atoms with E-state index in [9.17, 15) is 4.79 Å². The second-order valence-electron chi connectivity index (χ2n) is 5.92. The number of morpholine rings is 1. The number of halogens is 2. The highest BCUT2D eigenvalue weighted by atomic mass is 35.5. The highest BCUT2D eigenvalue weighted by molar-refractivity contribution is 5.85. The maximum absolute atomic E-state index is 12.2. The van der Waals surface area contributed by atoms with Gasteiger partial charge in [0, 0.05) is 31.0 Å². The highest BCUT2D eigenvalue weighted by Gasteiger charge is 2.14. The fraction of sp³-hybridized carbons (Fsp3) is 0.316. The molecular formula is C19H25Cl2N3O2. The third-order valence-electron chi connectivity index (χ3n) is 4.16. The number of ether oxygens (including phenoxy) is 1. The lowest BCUT2D eigenvalue weighted by atomic mass is 10.1. The van der Waals surface area contributed by atoms with Crippen molar-refractivity contribution in [2.24, 2.45) is 0 Å². The zero-order chi connectivity index (χ0) is 16.8. The maximum atomic E-state index is 12.2. The summed E-state index contributed by atoms with van der Waals surface area (Å²) in [6.45, 7) is 3.80. The van der Waals surface area contributed by atoms with Crippen LogP contribution in [0.15, 0.2) is 48.5 Å². The molecule has 0 aliphatic carbocycles. The Hall–Kier alpha value is -1.95. The molecule has 3 N–H and O–H groups in total. The second kappa shape index (κ2) is 10.9. The van der Waals surface area contributed by atoms with Crippen LogP contribution >= 0.6 is 24.8 Å². The van der Waals surface area contributed by atoms with Gasteiger partial charge in [-0.2, -0.15) is 0 Å². The molecule has 0 saturated carbocycles. The number of hydrogen-bond donors (Lipinski definition) is 2. The van der Waals surface area contributed by atoms with Crippen LogP contribution in [0.1, 0.15) is 11.1 Å². The lowest BCUT2D eigenvalue weighted by Crippen LogP contribution is -2.37. The molecule has 3 rings (SSSR count). The van der Waals surface area contributed by atoms with Crippen molar-refractivity contribution in [2.45, 2.75) is 13.0 Å². The monoisotopic (exact) mass is 397 g/mol. The van der Waals surface area contributed by atoms with Crippen molar-refractivity contribution in [3.8, 4) is 0 Å². The summed E-state index contributed by atoms with van der Waals surface area (Å²) >= 11 is 0. The first kappa shape index (κ1) is 22.1. The van der Waals surface area contributed by atoms with E-state index in [0.29, 0.717) is 18.7 Å². The van der Waals surface area contributed by atoms with Gasteiger partial charge in [0.15, 0.2) is 0 Å². The Balaban J connectivity index is 0.00000169. The molecule has 1 amide bonds. The van der Waals surface area contributed by atoms with Gasteiger partial charge in [0.25, 0.3) is 0 Å². The average Bonchev–Trinajstić information content (AvgIpc) is 2.63. The van der Waals surface area contributed by atoms with Crippen molar-refractivity contribution in [1.29, 1.82) is 0 Å². The number of carbonyl (C=O) groups excluding carboxylic acids is 1. The topological polar surface area (TPSA) is 67.6 Å². The molecule has 2 aromatic rings. The van der Waals surface area contributed by atoms with Crippen molar-refractivity contribution < 1.29 is 9.53 Å². The smallest absolute Gasteiger partial charge is 0.224 e. The van der Waals surface area contributed by atoms with Gasteiger partial charge in [0.05, 0.1) is 19.6 Å². The highest BCUT2D eigenvalue weighted by Crippen LogP contribution is 2.21. The van der Waals surface area contributed by atoms with Gasteiger partial charge in [-0.3, -0.25) is 4.79 Å². The number of benzene rings is 2. The molecule has 142 valence electrons. The summed E-state index contributed by atoms with van der Waals surface area (Å²) in [6, 6.07) is 15.6. The van der Waals surface area contributed by atoms with Crippen LogP contribution in [-0.2, 0) is 22.5 Å². The van der Waals surface area contributed by atoms with Gasteiger partial charge < -0.3 is 20.7 Å². The number of amides is 1. The Morgan fingerprint density at radius 2 is 1.69 bits per heavy atom. The minimum absolute atomic E-state index is 0. The van der Waals surface area contributed by atoms with Crippen LogP contribution in [0.4, 0.5) is 11.4 Å². The van der Waals surface area contributed by atoms with Crippen LogP contribution in [0, 0.1) is 0 Å². The Kier molecular flexibility index (Phi) is 9.27. The normalized spacial score (nSPS) is 13.3. The van der Waals surface area contributed by atoms with Gasteiger partial charge >= 0.3 is 0 Å². The quantitative estimate of drug-likeness (QED) is 0.761. The standard InChI is InChI=1S/C19H23N3O2.2ClH/c20-17-7-5-15(6-8-17)13-19(23)21-14-16-3-1-2-4-18(16)22-9-11-24-12-10-22;;/h1-8H,9-14,20H2,(H,21,23);2*1H. The molecule has 2 aromatic carbocycles. The molecule has 0 radical (unpaired) electrons. The summed E-state index contributed by atoms with van der Waals surface area (Å²) in [5.74, 6) is 0.0107. The molecule has 1 heterocycles. The van der Waals surface area contributed by atoms with Crippen LogP contribution in [0.3, 0.4) is 0 Å². The Morgan fingerprint density at radius 1 is 1.04 bits per heavy atom. The number of anilines is 2. The van der Waals surface area contributed by atoms with Crippen LogP contribution in [0.2, 0.25) is 0 Å². The second-order valence-corrected chi connectivity index (χ2v) is 5.92. The van der Waals surface area contributed by atoms with Crippen LogP contribution in [0.25, 0.3) is 0 Å². The lowest BCUT2D eigenvalue weighted by molar-refractivity contribution is -0.120. The molecule has 1 saturated heterocycles. The molecule has 5 nitrogen and oxygen atoms in total. The summed E-state index contributed by atoms with van der Waals surface area (Å²) in [7, 11) is 0. The summed E-state index contributed by atoms with van der Waals surface area (Å²) in [6.07, 6.45) is 0.361. The number of nitrogen functional groups attached to an aromatic ring is 1. The number of rotatable bonds is 5. The van der Waals surface area contributed by atoms with Gasteiger partial charge in [0.1, 0.15) is 0 Å². The van der Waals surface area contributed by atoms with E-state index in [1.54, 1.807) is 0 Å². The fourth-order valence-corrected chi connectivity index (χ4v) is 2.85. The largest absolute Gasteiger partial charge is 0.399 e. The van der Waals surface area contributed by atoms with Crippen molar-refractivity contribution in [2.75, 3.05) is 36.9 Å². The minimum Gasteiger partial charge on any atom is -0.399 e. The number of nitrogens with zero attached hydrogens (tertiary/aromatic N) is 1. The van der Waals surface area contributed by atoms with E-state index in [1.165, 1.54) is 5.69 Å². The van der Waals surface area contributed by atoms with Crippen LogP contribution < -0.4 is 16.0 Å². The van der Waals surface area contributed by atoms with Gasteiger partial charge in [0.2, 0.25) is 5.91 Å². The molecule has 0 spiro atoms. The van der Waals surface area contributed by atoms with E-state index in [1.807, 2.05) is 36.4 Å². The summed E-state index contributed by atoms with van der Waals surface area (Å²) in [5.41, 5.74) is 9.64. The van der Waals surface area contributed by atoms with E-state index >= 15 is 0 Å². The first-order valence-electron chi connectivity index (χ1n) is 8.24. The molecule has 1 aliphatic rings. The minimum atomic E-state index is 0. The van der Waals surface area contributed by atoms with Crippen LogP contribution in [0.5, 0.6) is 0 Å². The molecule has 1 fully saturated rings. The van der Waals surface area contributed by atoms with E-state index in [0.717, 1.165) is 37.4 Å². The van der Waals surface area contributed by atoms with Crippen molar-refractivity contribution in [3.63, 3.8) is 0 Å². The third-order valence-corrected chi connectivity index (χ3v) is 4.16. The molecule has 0 bridgehead atoms. The summed E-state index contributed by atoms with van der Waals surface area (Å²) < 4.78 is 5.41. The molecule has 0 atom stereocenters. The molecule has 0 unspecified atom stereocenters. The Morgan fingerprint density at radius 3 is 2.38 bits per heavy atom. The molecule has 26 heavy (non-hydrogen) atoms.